The highest BCUT2D eigenvalue weighted by Crippen LogP contribution is 2.03. The van der Waals surface area contributed by atoms with Gasteiger partial charge in [-0.05, 0) is 12.3 Å². The molecule has 1 atom stereocenters. The molecule has 0 aliphatic carbocycles. The average Bonchev–Trinajstić information content (AvgIpc) is 2.60. The maximum Gasteiger partial charge on any atom is 0.241 e. The van der Waals surface area contributed by atoms with Gasteiger partial charge < -0.3 is 16.2 Å². The Morgan fingerprint density at radius 1 is 1.65 bits per heavy atom. The number of nitrogens with one attached hydrogen (secondary N) is 1. The molecule has 0 radical (unpaired) electrons. The van der Waals surface area contributed by atoms with Gasteiger partial charge in [-0.3, -0.25) is 9.48 Å². The van der Waals surface area contributed by atoms with E-state index in [9.17, 15) is 9.90 Å². The zero-order valence-electron chi connectivity index (χ0n) is 10.3. The van der Waals surface area contributed by atoms with Crippen molar-refractivity contribution in [3.63, 3.8) is 0 Å². The number of amides is 1. The number of hydrogen-bond donors (Lipinski definition) is 3. The number of nitrogens with two attached hydrogens (primary N) is 1. The lowest BCUT2D eigenvalue weighted by Gasteiger charge is -2.13. The summed E-state index contributed by atoms with van der Waals surface area (Å²) >= 11 is 0. The van der Waals surface area contributed by atoms with E-state index in [1.807, 2.05) is 13.8 Å². The van der Waals surface area contributed by atoms with Crippen molar-refractivity contribution in [1.82, 2.24) is 15.1 Å². The maximum absolute atomic E-state index is 11.5. The number of hydrogen-bond acceptors (Lipinski definition) is 4. The summed E-state index contributed by atoms with van der Waals surface area (Å²) in [6.45, 7) is 4.44. The first kappa shape index (κ1) is 13.5. The number of nitrogens with zero attached hydrogens (tertiary/aromatic N) is 2. The Hall–Kier alpha value is -1.56. The molecule has 0 aromatic carbocycles. The Labute approximate surface area is 101 Å². The van der Waals surface area contributed by atoms with Crippen LogP contribution in [0.2, 0.25) is 0 Å². The van der Waals surface area contributed by atoms with Crippen LogP contribution in [0.15, 0.2) is 12.4 Å². The monoisotopic (exact) mass is 240 g/mol. The highest BCUT2D eigenvalue weighted by atomic mass is 16.3. The van der Waals surface area contributed by atoms with E-state index < -0.39 is 6.10 Å². The number of anilines is 1. The Morgan fingerprint density at radius 2 is 2.35 bits per heavy atom. The number of carbonyl (C=O) groups excluding carboxylic acids is 1. The van der Waals surface area contributed by atoms with E-state index in [1.54, 1.807) is 6.20 Å². The minimum atomic E-state index is -0.498. The fourth-order valence-electron chi connectivity index (χ4n) is 1.53. The maximum atomic E-state index is 11.5. The smallest absolute Gasteiger partial charge is 0.241 e. The van der Waals surface area contributed by atoms with Crippen molar-refractivity contribution in [3.8, 4) is 0 Å². The van der Waals surface area contributed by atoms with Crippen LogP contribution in [0.25, 0.3) is 0 Å². The Kier molecular flexibility index (Phi) is 4.96. The van der Waals surface area contributed by atoms with Crippen molar-refractivity contribution in [2.24, 2.45) is 5.92 Å². The number of carbonyl (C=O) groups is 1. The third kappa shape index (κ3) is 5.35. The van der Waals surface area contributed by atoms with Gasteiger partial charge in [0.05, 0.1) is 18.0 Å². The van der Waals surface area contributed by atoms with Gasteiger partial charge in [-0.25, -0.2) is 0 Å². The molecule has 1 heterocycles. The van der Waals surface area contributed by atoms with E-state index in [1.165, 1.54) is 10.9 Å². The van der Waals surface area contributed by atoms with Gasteiger partial charge in [0, 0.05) is 12.7 Å². The summed E-state index contributed by atoms with van der Waals surface area (Å²) in [6, 6.07) is 0. The summed E-state index contributed by atoms with van der Waals surface area (Å²) in [5.74, 6) is 0.226. The van der Waals surface area contributed by atoms with Crippen LogP contribution in [-0.4, -0.2) is 33.4 Å². The molecule has 6 nitrogen and oxygen atoms in total. The number of aliphatic hydroxyl groups is 1. The fourth-order valence-corrected chi connectivity index (χ4v) is 1.53. The van der Waals surface area contributed by atoms with Crippen LogP contribution in [0.4, 0.5) is 5.69 Å². The third-order valence-corrected chi connectivity index (χ3v) is 2.24. The van der Waals surface area contributed by atoms with Gasteiger partial charge in [0.1, 0.15) is 6.54 Å². The van der Waals surface area contributed by atoms with Crippen molar-refractivity contribution in [3.05, 3.63) is 12.4 Å². The lowest BCUT2D eigenvalue weighted by atomic mass is 10.1. The van der Waals surface area contributed by atoms with Crippen molar-refractivity contribution >= 4 is 11.6 Å². The zero-order valence-corrected chi connectivity index (χ0v) is 10.3. The Bertz CT molecular complexity index is 362. The SMILES string of the molecule is CC(C)CC(O)CNC(=O)Cn1cc(N)cn1. The predicted molar refractivity (Wildman–Crippen MR) is 65.1 cm³/mol. The molecule has 6 heteroatoms. The molecular formula is C11H20N4O2. The zero-order chi connectivity index (χ0) is 12.8. The van der Waals surface area contributed by atoms with Gasteiger partial charge in [-0.15, -0.1) is 0 Å². The van der Waals surface area contributed by atoms with Gasteiger partial charge >= 0.3 is 0 Å². The summed E-state index contributed by atoms with van der Waals surface area (Å²) < 4.78 is 1.46. The molecule has 17 heavy (non-hydrogen) atoms. The fraction of sp³-hybridized carbons (Fsp3) is 0.636. The topological polar surface area (TPSA) is 93.2 Å². The Balaban J connectivity index is 2.26. The quantitative estimate of drug-likeness (QED) is 0.652. The molecule has 96 valence electrons. The van der Waals surface area contributed by atoms with Gasteiger partial charge in [0.15, 0.2) is 0 Å². The van der Waals surface area contributed by atoms with E-state index in [0.717, 1.165) is 0 Å². The second kappa shape index (κ2) is 6.24. The first-order valence-corrected chi connectivity index (χ1v) is 5.70. The molecular weight excluding hydrogens is 220 g/mol. The van der Waals surface area contributed by atoms with Gasteiger partial charge in [-0.2, -0.15) is 5.10 Å². The van der Waals surface area contributed by atoms with Crippen molar-refractivity contribution in [2.75, 3.05) is 12.3 Å². The molecule has 0 saturated heterocycles. The molecule has 1 unspecified atom stereocenters. The van der Waals surface area contributed by atoms with Crippen LogP contribution in [0.3, 0.4) is 0 Å². The number of aromatic nitrogens is 2. The summed E-state index contributed by atoms with van der Waals surface area (Å²) in [5.41, 5.74) is 6.00. The van der Waals surface area contributed by atoms with Gasteiger partial charge in [0.25, 0.3) is 0 Å². The normalized spacial score (nSPS) is 12.7. The molecule has 4 N–H and O–H groups in total. The van der Waals surface area contributed by atoms with E-state index in [-0.39, 0.29) is 19.0 Å². The van der Waals surface area contributed by atoms with Crippen LogP contribution in [-0.2, 0) is 11.3 Å². The molecule has 0 aliphatic heterocycles. The molecule has 0 bridgehead atoms. The highest BCUT2D eigenvalue weighted by molar-refractivity contribution is 5.75. The van der Waals surface area contributed by atoms with Crippen LogP contribution in [0, 0.1) is 5.92 Å². The second-order valence-electron chi connectivity index (χ2n) is 4.56. The molecule has 1 aromatic heterocycles. The third-order valence-electron chi connectivity index (χ3n) is 2.24. The molecule has 1 amide bonds. The van der Waals surface area contributed by atoms with Crippen LogP contribution < -0.4 is 11.1 Å². The number of rotatable bonds is 6. The summed E-state index contributed by atoms with van der Waals surface area (Å²) in [7, 11) is 0. The van der Waals surface area contributed by atoms with Gasteiger partial charge in [0.2, 0.25) is 5.91 Å². The minimum absolute atomic E-state index is 0.117. The number of nitrogen functional groups attached to an aromatic ring is 1. The summed E-state index contributed by atoms with van der Waals surface area (Å²) in [6.07, 6.45) is 3.25. The highest BCUT2D eigenvalue weighted by Gasteiger charge is 2.09. The molecule has 1 aromatic rings. The molecule has 0 spiro atoms. The van der Waals surface area contributed by atoms with Crippen LogP contribution in [0.1, 0.15) is 20.3 Å². The largest absolute Gasteiger partial charge is 0.396 e. The first-order chi connectivity index (χ1) is 7.97. The first-order valence-electron chi connectivity index (χ1n) is 5.70. The molecule has 0 aliphatic rings. The molecule has 0 fully saturated rings. The van der Waals surface area contributed by atoms with Crippen LogP contribution in [0.5, 0.6) is 0 Å². The van der Waals surface area contributed by atoms with Crippen LogP contribution >= 0.6 is 0 Å². The van der Waals surface area contributed by atoms with Gasteiger partial charge in [-0.1, -0.05) is 13.8 Å². The van der Waals surface area contributed by atoms with Crippen molar-refractivity contribution < 1.29 is 9.90 Å². The molecule has 1 rings (SSSR count). The average molecular weight is 240 g/mol. The van der Waals surface area contributed by atoms with Crippen molar-refractivity contribution in [1.29, 1.82) is 0 Å². The summed E-state index contributed by atoms with van der Waals surface area (Å²) in [5, 5.41) is 16.1. The lowest BCUT2D eigenvalue weighted by molar-refractivity contribution is -0.122. The van der Waals surface area contributed by atoms with E-state index in [0.29, 0.717) is 18.0 Å². The van der Waals surface area contributed by atoms with E-state index in [2.05, 4.69) is 10.4 Å². The van der Waals surface area contributed by atoms with Crippen molar-refractivity contribution in [2.45, 2.75) is 32.9 Å². The minimum Gasteiger partial charge on any atom is -0.396 e. The van der Waals surface area contributed by atoms with E-state index in [4.69, 9.17) is 5.73 Å². The predicted octanol–water partition coefficient (Wildman–Crippen LogP) is -0.0115. The summed E-state index contributed by atoms with van der Waals surface area (Å²) in [4.78, 5) is 11.5. The van der Waals surface area contributed by atoms with E-state index >= 15 is 0 Å². The second-order valence-corrected chi connectivity index (χ2v) is 4.56. The standard InChI is InChI=1S/C11H20N4O2/c1-8(2)3-10(16)5-13-11(17)7-15-6-9(12)4-14-15/h4,6,8,10,16H,3,5,7,12H2,1-2H3,(H,13,17). The number of aliphatic hydroxyl groups excluding tert-OH is 1. The Morgan fingerprint density at radius 3 is 2.88 bits per heavy atom. The molecule has 0 saturated carbocycles. The lowest BCUT2D eigenvalue weighted by Crippen LogP contribution is -2.35.